The molecule has 1 aromatic rings. The summed E-state index contributed by atoms with van der Waals surface area (Å²) in [6.45, 7) is 3.34. The van der Waals surface area contributed by atoms with Crippen molar-refractivity contribution in [3.8, 4) is 5.75 Å². The van der Waals surface area contributed by atoms with E-state index < -0.39 is 10.2 Å². The van der Waals surface area contributed by atoms with Gasteiger partial charge in [-0.05, 0) is 49.9 Å². The highest BCUT2D eigenvalue weighted by Crippen LogP contribution is 2.21. The maximum Gasteiger partial charge on any atom is 0.301 e. The average molecular weight is 314 g/mol. The maximum atomic E-state index is 12.3. The van der Waals surface area contributed by atoms with Crippen molar-refractivity contribution in [3.05, 3.63) is 24.3 Å². The van der Waals surface area contributed by atoms with Gasteiger partial charge in [0.25, 0.3) is 0 Å². The van der Waals surface area contributed by atoms with Gasteiger partial charge in [0.2, 0.25) is 0 Å². The molecule has 6 nitrogen and oxygen atoms in total. The molecule has 0 radical (unpaired) electrons. The van der Waals surface area contributed by atoms with Crippen LogP contribution >= 0.6 is 0 Å². The van der Waals surface area contributed by atoms with Crippen LogP contribution in [-0.4, -0.2) is 44.1 Å². The quantitative estimate of drug-likeness (QED) is 0.833. The van der Waals surface area contributed by atoms with Gasteiger partial charge in [-0.15, -0.1) is 0 Å². The van der Waals surface area contributed by atoms with E-state index in [1.165, 1.54) is 4.31 Å². The molecule has 1 saturated heterocycles. The number of rotatable bonds is 6. The van der Waals surface area contributed by atoms with Gasteiger partial charge in [-0.3, -0.25) is 4.72 Å². The molecule has 1 fully saturated rings. The highest BCUT2D eigenvalue weighted by molar-refractivity contribution is 7.90. The van der Waals surface area contributed by atoms with Crippen LogP contribution in [0.3, 0.4) is 0 Å². The SMILES string of the molecule is CCOc1ccc(NS(=O)(=O)N2CCCC(CO)C2)cc1. The van der Waals surface area contributed by atoms with Gasteiger partial charge in [0, 0.05) is 19.7 Å². The number of aliphatic hydroxyl groups excluding tert-OH is 1. The summed E-state index contributed by atoms with van der Waals surface area (Å²) >= 11 is 0. The van der Waals surface area contributed by atoms with Gasteiger partial charge in [-0.1, -0.05) is 0 Å². The summed E-state index contributed by atoms with van der Waals surface area (Å²) < 4.78 is 33.9. The molecule has 1 heterocycles. The van der Waals surface area contributed by atoms with E-state index in [0.29, 0.717) is 31.1 Å². The zero-order valence-electron chi connectivity index (χ0n) is 12.2. The fourth-order valence-corrected chi connectivity index (χ4v) is 3.73. The number of ether oxygens (including phenoxy) is 1. The molecule has 21 heavy (non-hydrogen) atoms. The van der Waals surface area contributed by atoms with Crippen LogP contribution in [0.1, 0.15) is 19.8 Å². The van der Waals surface area contributed by atoms with E-state index in [1.54, 1.807) is 24.3 Å². The minimum Gasteiger partial charge on any atom is -0.494 e. The topological polar surface area (TPSA) is 78.9 Å². The van der Waals surface area contributed by atoms with Crippen molar-refractivity contribution in [1.82, 2.24) is 4.31 Å². The number of nitrogens with one attached hydrogen (secondary N) is 1. The highest BCUT2D eigenvalue weighted by Gasteiger charge is 2.28. The van der Waals surface area contributed by atoms with E-state index in [2.05, 4.69) is 4.72 Å². The van der Waals surface area contributed by atoms with Crippen LogP contribution in [0, 0.1) is 5.92 Å². The van der Waals surface area contributed by atoms with E-state index in [1.807, 2.05) is 6.92 Å². The van der Waals surface area contributed by atoms with Crippen molar-refractivity contribution in [2.75, 3.05) is 31.0 Å². The van der Waals surface area contributed by atoms with Crippen molar-refractivity contribution < 1.29 is 18.3 Å². The molecule has 0 saturated carbocycles. The van der Waals surface area contributed by atoms with Crippen LogP contribution in [0.25, 0.3) is 0 Å². The molecule has 0 bridgehead atoms. The van der Waals surface area contributed by atoms with Gasteiger partial charge in [0.1, 0.15) is 5.75 Å². The first-order valence-corrected chi connectivity index (χ1v) is 8.60. The Morgan fingerprint density at radius 1 is 1.38 bits per heavy atom. The van der Waals surface area contributed by atoms with Gasteiger partial charge in [-0.2, -0.15) is 12.7 Å². The van der Waals surface area contributed by atoms with Crippen molar-refractivity contribution in [2.45, 2.75) is 19.8 Å². The van der Waals surface area contributed by atoms with Crippen LogP contribution < -0.4 is 9.46 Å². The van der Waals surface area contributed by atoms with Crippen molar-refractivity contribution in [2.24, 2.45) is 5.92 Å². The third-order valence-electron chi connectivity index (χ3n) is 3.49. The van der Waals surface area contributed by atoms with Crippen LogP contribution in [0.2, 0.25) is 0 Å². The van der Waals surface area contributed by atoms with Crippen LogP contribution in [0.15, 0.2) is 24.3 Å². The molecule has 1 atom stereocenters. The van der Waals surface area contributed by atoms with E-state index in [0.717, 1.165) is 12.8 Å². The second kappa shape index (κ2) is 7.11. The Hall–Kier alpha value is -1.31. The average Bonchev–Trinajstić information content (AvgIpc) is 2.49. The monoisotopic (exact) mass is 314 g/mol. The molecule has 1 aliphatic heterocycles. The lowest BCUT2D eigenvalue weighted by molar-refractivity contribution is 0.166. The molecular formula is C14H22N2O4S. The normalized spacial score (nSPS) is 20.2. The second-order valence-corrected chi connectivity index (χ2v) is 6.78. The summed E-state index contributed by atoms with van der Waals surface area (Å²) in [7, 11) is -3.57. The summed E-state index contributed by atoms with van der Waals surface area (Å²) in [6, 6.07) is 6.81. The van der Waals surface area contributed by atoms with Crippen molar-refractivity contribution >= 4 is 15.9 Å². The first kappa shape index (κ1) is 16.1. The summed E-state index contributed by atoms with van der Waals surface area (Å²) in [6.07, 6.45) is 1.64. The molecule has 2 N–H and O–H groups in total. The molecule has 0 aliphatic carbocycles. The smallest absolute Gasteiger partial charge is 0.301 e. The van der Waals surface area contributed by atoms with E-state index >= 15 is 0 Å². The third-order valence-corrected chi connectivity index (χ3v) is 5.00. The van der Waals surface area contributed by atoms with E-state index in [4.69, 9.17) is 4.74 Å². The third kappa shape index (κ3) is 4.33. The number of benzene rings is 1. The molecule has 0 amide bonds. The second-order valence-electron chi connectivity index (χ2n) is 5.11. The summed E-state index contributed by atoms with van der Waals surface area (Å²) in [4.78, 5) is 0. The fraction of sp³-hybridized carbons (Fsp3) is 0.571. The lowest BCUT2D eigenvalue weighted by Gasteiger charge is -2.31. The standard InChI is InChI=1S/C14H22N2O4S/c1-2-20-14-7-5-13(6-8-14)15-21(18,19)16-9-3-4-12(10-16)11-17/h5-8,12,15,17H,2-4,9-11H2,1H3. The van der Waals surface area contributed by atoms with Gasteiger partial charge in [0.15, 0.2) is 0 Å². The largest absolute Gasteiger partial charge is 0.494 e. The predicted octanol–water partition coefficient (Wildman–Crippen LogP) is 1.45. The Bertz CT molecular complexity index is 545. The molecule has 0 spiro atoms. The number of hydrogen-bond donors (Lipinski definition) is 2. The van der Waals surface area contributed by atoms with E-state index in [-0.39, 0.29) is 12.5 Å². The predicted molar refractivity (Wildman–Crippen MR) is 81.5 cm³/mol. The molecule has 1 aromatic carbocycles. The minimum atomic E-state index is -3.57. The molecule has 7 heteroatoms. The molecule has 1 unspecified atom stereocenters. The fourth-order valence-electron chi connectivity index (χ4n) is 2.39. The Labute approximate surface area is 125 Å². The molecule has 0 aromatic heterocycles. The first-order valence-electron chi connectivity index (χ1n) is 7.16. The van der Waals surface area contributed by atoms with Crippen molar-refractivity contribution in [1.29, 1.82) is 0 Å². The van der Waals surface area contributed by atoms with Crippen LogP contribution in [0.4, 0.5) is 5.69 Å². The van der Waals surface area contributed by atoms with Gasteiger partial charge >= 0.3 is 10.2 Å². The number of piperidine rings is 1. The van der Waals surface area contributed by atoms with Gasteiger partial charge in [0.05, 0.1) is 12.3 Å². The summed E-state index contributed by atoms with van der Waals surface area (Å²) in [5.41, 5.74) is 0.504. The highest BCUT2D eigenvalue weighted by atomic mass is 32.2. The van der Waals surface area contributed by atoms with Gasteiger partial charge < -0.3 is 9.84 Å². The molecule has 2 rings (SSSR count). The van der Waals surface area contributed by atoms with Crippen molar-refractivity contribution in [3.63, 3.8) is 0 Å². The van der Waals surface area contributed by atoms with Crippen LogP contribution in [-0.2, 0) is 10.2 Å². The molecular weight excluding hydrogens is 292 g/mol. The minimum absolute atomic E-state index is 0.0229. The van der Waals surface area contributed by atoms with E-state index in [9.17, 15) is 13.5 Å². The lowest BCUT2D eigenvalue weighted by atomic mass is 10.0. The Balaban J connectivity index is 2.02. The molecule has 118 valence electrons. The van der Waals surface area contributed by atoms with Gasteiger partial charge in [-0.25, -0.2) is 0 Å². The summed E-state index contributed by atoms with van der Waals surface area (Å²) in [5, 5.41) is 9.19. The number of aliphatic hydroxyl groups is 1. The Kier molecular flexibility index (Phi) is 5.44. The Morgan fingerprint density at radius 3 is 2.71 bits per heavy atom. The maximum absolute atomic E-state index is 12.3. The number of hydrogen-bond acceptors (Lipinski definition) is 4. The lowest BCUT2D eigenvalue weighted by Crippen LogP contribution is -2.43. The zero-order valence-corrected chi connectivity index (χ0v) is 13.0. The molecule has 1 aliphatic rings. The first-order chi connectivity index (χ1) is 10.0. The summed E-state index contributed by atoms with van der Waals surface area (Å²) in [5.74, 6) is 0.731. The zero-order chi connectivity index (χ0) is 15.3. The Morgan fingerprint density at radius 2 is 2.10 bits per heavy atom. The van der Waals surface area contributed by atoms with Crippen LogP contribution in [0.5, 0.6) is 5.75 Å². The number of nitrogens with zero attached hydrogens (tertiary/aromatic N) is 1. The number of anilines is 1.